The zero-order valence-corrected chi connectivity index (χ0v) is 13.3. The number of hydrogen-bond acceptors (Lipinski definition) is 6. The van der Waals surface area contributed by atoms with E-state index in [0.29, 0.717) is 18.5 Å². The molecule has 126 valence electrons. The molecule has 1 N–H and O–H groups in total. The van der Waals surface area contributed by atoms with Crippen molar-refractivity contribution in [2.75, 3.05) is 25.5 Å². The first-order valence-corrected chi connectivity index (χ1v) is 7.70. The average Bonchev–Trinajstić information content (AvgIpc) is 2.61. The molecule has 1 unspecified atom stereocenters. The summed E-state index contributed by atoms with van der Waals surface area (Å²) < 4.78 is 4.78. The van der Waals surface area contributed by atoms with Gasteiger partial charge in [-0.1, -0.05) is 0 Å². The van der Waals surface area contributed by atoms with Crippen LogP contribution >= 0.6 is 0 Å². The number of piperidine rings is 1. The monoisotopic (exact) mass is 330 g/mol. The Balaban J connectivity index is 1.87. The summed E-state index contributed by atoms with van der Waals surface area (Å²) in [5.74, 6) is 0. The van der Waals surface area contributed by atoms with E-state index in [4.69, 9.17) is 4.74 Å². The summed E-state index contributed by atoms with van der Waals surface area (Å²) >= 11 is 0. The van der Waals surface area contributed by atoms with Gasteiger partial charge in [-0.05, 0) is 25.0 Å². The quantitative estimate of drug-likeness (QED) is 0.686. The highest BCUT2D eigenvalue weighted by Gasteiger charge is 2.25. The number of amides is 1. The van der Waals surface area contributed by atoms with Gasteiger partial charge in [-0.15, -0.1) is 0 Å². The summed E-state index contributed by atoms with van der Waals surface area (Å²) in [5.41, 5.74) is 0.832. The summed E-state index contributed by atoms with van der Waals surface area (Å²) in [7, 11) is 1.37. The number of aromatic nitrogens is 1. The molecule has 0 aliphatic carbocycles. The highest BCUT2D eigenvalue weighted by Crippen LogP contribution is 2.31. The Labute approximate surface area is 138 Å². The third-order valence-electron chi connectivity index (χ3n) is 4.21. The van der Waals surface area contributed by atoms with Gasteiger partial charge < -0.3 is 15.0 Å². The van der Waals surface area contributed by atoms with Crippen LogP contribution in [-0.2, 0) is 4.74 Å². The largest absolute Gasteiger partial charge is 0.453 e. The first kappa shape index (κ1) is 16.0. The fourth-order valence-corrected chi connectivity index (χ4v) is 3.07. The molecule has 1 aliphatic rings. The lowest BCUT2D eigenvalue weighted by molar-refractivity contribution is -0.383. The summed E-state index contributed by atoms with van der Waals surface area (Å²) in [5, 5.41) is 15.8. The van der Waals surface area contributed by atoms with Gasteiger partial charge in [-0.25, -0.2) is 4.79 Å². The molecule has 2 heterocycles. The van der Waals surface area contributed by atoms with Gasteiger partial charge in [0.15, 0.2) is 0 Å². The Kier molecular flexibility index (Phi) is 4.45. The number of anilines is 1. The number of rotatable bonds is 3. The minimum Gasteiger partial charge on any atom is -0.453 e. The topological polar surface area (TPSA) is 97.6 Å². The number of carbonyl (C=O) groups excluding carboxylic acids is 1. The second-order valence-corrected chi connectivity index (χ2v) is 5.71. The van der Waals surface area contributed by atoms with Gasteiger partial charge in [0.1, 0.15) is 0 Å². The third-order valence-corrected chi connectivity index (χ3v) is 4.21. The van der Waals surface area contributed by atoms with Gasteiger partial charge in [-0.3, -0.25) is 15.1 Å². The number of ether oxygens (including phenoxy) is 1. The van der Waals surface area contributed by atoms with E-state index in [9.17, 15) is 14.9 Å². The maximum atomic E-state index is 11.7. The Morgan fingerprint density at radius 3 is 3.00 bits per heavy atom. The number of nitro benzene ring substituents is 1. The fraction of sp³-hybridized carbons (Fsp3) is 0.375. The molecule has 3 rings (SSSR count). The Morgan fingerprint density at radius 2 is 2.25 bits per heavy atom. The Morgan fingerprint density at radius 1 is 1.42 bits per heavy atom. The molecule has 0 radical (unpaired) electrons. The summed E-state index contributed by atoms with van der Waals surface area (Å²) in [6, 6.07) is 5.01. The van der Waals surface area contributed by atoms with Crippen LogP contribution in [0.5, 0.6) is 0 Å². The number of carbonyl (C=O) groups is 1. The SMILES string of the molecule is COC(=O)N1CCCC(Nc2ccc([N+](=O)[O-])c3cnccc23)C1. The highest BCUT2D eigenvalue weighted by atomic mass is 16.6. The van der Waals surface area contributed by atoms with E-state index >= 15 is 0 Å². The van der Waals surface area contributed by atoms with Crippen molar-refractivity contribution in [3.8, 4) is 0 Å². The molecule has 24 heavy (non-hydrogen) atoms. The number of pyridine rings is 1. The first-order chi connectivity index (χ1) is 11.6. The van der Waals surface area contributed by atoms with E-state index < -0.39 is 4.92 Å². The zero-order valence-electron chi connectivity index (χ0n) is 13.3. The number of methoxy groups -OCH3 is 1. The Bertz CT molecular complexity index is 780. The molecule has 1 aliphatic heterocycles. The number of nitrogens with zero attached hydrogens (tertiary/aromatic N) is 3. The number of nitrogens with one attached hydrogen (secondary N) is 1. The number of benzene rings is 1. The van der Waals surface area contributed by atoms with Gasteiger partial charge in [0, 0.05) is 48.7 Å². The van der Waals surface area contributed by atoms with Crippen LogP contribution in [0.4, 0.5) is 16.2 Å². The number of non-ortho nitro benzene ring substituents is 1. The molecule has 1 saturated heterocycles. The minimum atomic E-state index is -0.409. The molecule has 1 aromatic heterocycles. The normalized spacial score (nSPS) is 17.5. The van der Waals surface area contributed by atoms with Crippen molar-refractivity contribution < 1.29 is 14.5 Å². The van der Waals surface area contributed by atoms with Crippen LogP contribution in [0.15, 0.2) is 30.6 Å². The maximum absolute atomic E-state index is 11.7. The number of likely N-dealkylation sites (tertiary alicyclic amines) is 1. The van der Waals surface area contributed by atoms with E-state index in [1.807, 2.05) is 0 Å². The second kappa shape index (κ2) is 6.69. The molecule has 8 nitrogen and oxygen atoms in total. The standard InChI is InChI=1S/C16H18N4O4/c1-24-16(21)19-8-2-3-11(10-19)18-14-4-5-15(20(22)23)13-9-17-7-6-12(13)14/h4-7,9,11,18H,2-3,8,10H2,1H3. The average molecular weight is 330 g/mol. The van der Waals surface area contributed by atoms with Gasteiger partial charge in [0.25, 0.3) is 5.69 Å². The highest BCUT2D eigenvalue weighted by molar-refractivity contribution is 5.99. The molecule has 1 atom stereocenters. The molecular formula is C16H18N4O4. The second-order valence-electron chi connectivity index (χ2n) is 5.71. The molecule has 1 fully saturated rings. The Hall–Kier alpha value is -2.90. The van der Waals surface area contributed by atoms with Crippen LogP contribution < -0.4 is 5.32 Å². The predicted octanol–water partition coefficient (Wildman–Crippen LogP) is 2.79. The molecule has 2 aromatic rings. The van der Waals surface area contributed by atoms with Gasteiger partial charge in [0.2, 0.25) is 0 Å². The van der Waals surface area contributed by atoms with E-state index in [1.165, 1.54) is 19.4 Å². The van der Waals surface area contributed by atoms with Crippen molar-refractivity contribution in [3.05, 3.63) is 40.7 Å². The van der Waals surface area contributed by atoms with Crippen LogP contribution in [-0.4, -0.2) is 47.1 Å². The first-order valence-electron chi connectivity index (χ1n) is 7.70. The van der Waals surface area contributed by atoms with Crippen molar-refractivity contribution in [2.24, 2.45) is 0 Å². The van der Waals surface area contributed by atoms with Crippen LogP contribution in [0.25, 0.3) is 10.8 Å². The van der Waals surface area contributed by atoms with Crippen LogP contribution in [0.3, 0.4) is 0 Å². The van der Waals surface area contributed by atoms with Crippen molar-refractivity contribution in [2.45, 2.75) is 18.9 Å². The molecule has 8 heteroatoms. The summed E-state index contributed by atoms with van der Waals surface area (Å²) in [4.78, 5) is 28.1. The lowest BCUT2D eigenvalue weighted by Crippen LogP contribution is -2.45. The zero-order chi connectivity index (χ0) is 17.1. The lowest BCUT2D eigenvalue weighted by atomic mass is 10.0. The van der Waals surface area contributed by atoms with Crippen molar-refractivity contribution in [3.63, 3.8) is 0 Å². The number of nitro groups is 1. The van der Waals surface area contributed by atoms with Crippen LogP contribution in [0, 0.1) is 10.1 Å². The molecule has 1 aromatic carbocycles. The van der Waals surface area contributed by atoms with Crippen LogP contribution in [0.1, 0.15) is 12.8 Å². The maximum Gasteiger partial charge on any atom is 0.409 e. The van der Waals surface area contributed by atoms with E-state index in [2.05, 4.69) is 10.3 Å². The van der Waals surface area contributed by atoms with E-state index in [1.54, 1.807) is 23.2 Å². The minimum absolute atomic E-state index is 0.0310. The molecule has 0 spiro atoms. The predicted molar refractivity (Wildman–Crippen MR) is 89.0 cm³/mol. The van der Waals surface area contributed by atoms with Gasteiger partial charge in [0.05, 0.1) is 17.4 Å². The lowest BCUT2D eigenvalue weighted by Gasteiger charge is -2.32. The van der Waals surface area contributed by atoms with Crippen molar-refractivity contribution >= 4 is 28.2 Å². The van der Waals surface area contributed by atoms with Gasteiger partial charge in [-0.2, -0.15) is 0 Å². The van der Waals surface area contributed by atoms with Crippen molar-refractivity contribution in [1.29, 1.82) is 0 Å². The van der Waals surface area contributed by atoms with Crippen LogP contribution in [0.2, 0.25) is 0 Å². The third kappa shape index (κ3) is 3.08. The van der Waals surface area contributed by atoms with E-state index in [-0.39, 0.29) is 17.8 Å². The summed E-state index contributed by atoms with van der Waals surface area (Å²) in [6.45, 7) is 1.21. The smallest absolute Gasteiger partial charge is 0.409 e. The summed E-state index contributed by atoms with van der Waals surface area (Å²) in [6.07, 6.45) is 4.56. The molecule has 1 amide bonds. The molecular weight excluding hydrogens is 312 g/mol. The van der Waals surface area contributed by atoms with Crippen molar-refractivity contribution in [1.82, 2.24) is 9.88 Å². The fourth-order valence-electron chi connectivity index (χ4n) is 3.07. The van der Waals surface area contributed by atoms with E-state index in [0.717, 1.165) is 23.9 Å². The number of hydrogen-bond donors (Lipinski definition) is 1. The van der Waals surface area contributed by atoms with Gasteiger partial charge >= 0.3 is 6.09 Å². The molecule has 0 bridgehead atoms. The molecule has 0 saturated carbocycles. The number of fused-ring (bicyclic) bond motifs is 1.